The van der Waals surface area contributed by atoms with E-state index in [1.165, 1.54) is 23.5 Å². The summed E-state index contributed by atoms with van der Waals surface area (Å²) in [5.41, 5.74) is 2.69. The lowest BCUT2D eigenvalue weighted by Gasteiger charge is -2.29. The largest absolute Gasteiger partial charge is 0.497 e. The lowest BCUT2D eigenvalue weighted by atomic mass is 9.95. The molecule has 0 saturated carbocycles. The molecular weight excluding hydrogens is 354 g/mol. The number of hydrogen-bond acceptors (Lipinski definition) is 4. The number of ether oxygens (including phenoxy) is 1. The molecule has 0 aliphatic carbocycles. The number of rotatable bonds is 5. The minimum absolute atomic E-state index is 0.226. The molecule has 0 unspecified atom stereocenters. The highest BCUT2D eigenvalue weighted by Crippen LogP contribution is 2.28. The Morgan fingerprint density at radius 3 is 2.58 bits per heavy atom. The van der Waals surface area contributed by atoms with E-state index in [1.54, 1.807) is 18.2 Å². The predicted molar refractivity (Wildman–Crippen MR) is 97.4 cm³/mol. The number of fused-ring (bicyclic) bond motifs is 1. The lowest BCUT2D eigenvalue weighted by molar-refractivity contribution is -0.131. The van der Waals surface area contributed by atoms with Gasteiger partial charge >= 0.3 is 5.97 Å². The summed E-state index contributed by atoms with van der Waals surface area (Å²) in [4.78, 5) is 11.0. The van der Waals surface area contributed by atoms with Crippen LogP contribution in [0.25, 0.3) is 6.08 Å². The summed E-state index contributed by atoms with van der Waals surface area (Å²) in [5.74, 6) is -0.412. The molecule has 2 aromatic carbocycles. The van der Waals surface area contributed by atoms with Crippen molar-refractivity contribution in [2.75, 3.05) is 13.7 Å². The molecule has 7 heteroatoms. The van der Waals surface area contributed by atoms with E-state index in [2.05, 4.69) is 0 Å². The fourth-order valence-corrected chi connectivity index (χ4v) is 4.45. The van der Waals surface area contributed by atoms with Crippen molar-refractivity contribution in [3.8, 4) is 5.75 Å². The maximum Gasteiger partial charge on any atom is 0.328 e. The molecule has 0 aromatic heterocycles. The van der Waals surface area contributed by atoms with E-state index in [0.717, 1.165) is 22.8 Å². The number of sulfonamides is 1. The van der Waals surface area contributed by atoms with Crippen LogP contribution in [0, 0.1) is 0 Å². The number of aliphatic carboxylic acids is 1. The van der Waals surface area contributed by atoms with Crippen LogP contribution in [-0.4, -0.2) is 37.5 Å². The Morgan fingerprint density at radius 2 is 1.92 bits per heavy atom. The van der Waals surface area contributed by atoms with Gasteiger partial charge in [0.2, 0.25) is 10.0 Å². The zero-order valence-corrected chi connectivity index (χ0v) is 15.1. The standard InChI is InChI=1S/C19H19NO5S/c1-25-16-6-8-17(9-7-16)26(23,24)20-12-11-18-14(5-10-19(21)22)3-2-4-15(18)13-20/h2-10H,11-13H2,1H3,(H,21,22)/b10-5+. The van der Waals surface area contributed by atoms with Gasteiger partial charge in [-0.2, -0.15) is 4.31 Å². The summed E-state index contributed by atoms with van der Waals surface area (Å²) >= 11 is 0. The highest BCUT2D eigenvalue weighted by atomic mass is 32.2. The Hall–Kier alpha value is -2.64. The second-order valence-corrected chi connectivity index (χ2v) is 7.86. The minimum atomic E-state index is -3.60. The van der Waals surface area contributed by atoms with E-state index in [-0.39, 0.29) is 11.4 Å². The summed E-state index contributed by atoms with van der Waals surface area (Å²) in [6.07, 6.45) is 3.18. The van der Waals surface area contributed by atoms with Gasteiger partial charge in [0.25, 0.3) is 0 Å². The monoisotopic (exact) mass is 373 g/mol. The maximum atomic E-state index is 12.9. The number of carboxylic acid groups (broad SMARTS) is 1. The summed E-state index contributed by atoms with van der Waals surface area (Å²) in [6.45, 7) is 0.609. The van der Waals surface area contributed by atoms with Gasteiger partial charge in [0.05, 0.1) is 12.0 Å². The molecule has 136 valence electrons. The third kappa shape index (κ3) is 3.63. The molecule has 0 bridgehead atoms. The van der Waals surface area contributed by atoms with Crippen LogP contribution < -0.4 is 4.74 Å². The van der Waals surface area contributed by atoms with Crippen molar-refractivity contribution >= 4 is 22.1 Å². The quantitative estimate of drug-likeness (QED) is 0.815. The number of carboxylic acids is 1. The van der Waals surface area contributed by atoms with Crippen molar-refractivity contribution < 1.29 is 23.1 Å². The molecule has 26 heavy (non-hydrogen) atoms. The van der Waals surface area contributed by atoms with Crippen LogP contribution in [0.3, 0.4) is 0 Å². The van der Waals surface area contributed by atoms with Gasteiger partial charge in [-0.05, 0) is 53.5 Å². The van der Waals surface area contributed by atoms with Crippen LogP contribution in [0.4, 0.5) is 0 Å². The molecule has 0 spiro atoms. The van der Waals surface area contributed by atoms with Crippen LogP contribution in [-0.2, 0) is 27.8 Å². The van der Waals surface area contributed by atoms with Crippen molar-refractivity contribution in [1.82, 2.24) is 4.31 Å². The first-order valence-corrected chi connectivity index (χ1v) is 9.52. The topological polar surface area (TPSA) is 83.9 Å². The third-order valence-corrected chi connectivity index (χ3v) is 6.23. The smallest absolute Gasteiger partial charge is 0.328 e. The van der Waals surface area contributed by atoms with Crippen molar-refractivity contribution in [1.29, 1.82) is 0 Å². The Bertz CT molecular complexity index is 948. The fraction of sp³-hybridized carbons (Fsp3) is 0.211. The van der Waals surface area contributed by atoms with Crippen LogP contribution in [0.5, 0.6) is 5.75 Å². The SMILES string of the molecule is COc1ccc(S(=O)(=O)N2CCc3c(/C=C/C(=O)O)cccc3C2)cc1. The molecule has 1 aliphatic heterocycles. The average molecular weight is 373 g/mol. The van der Waals surface area contributed by atoms with E-state index < -0.39 is 16.0 Å². The highest BCUT2D eigenvalue weighted by molar-refractivity contribution is 7.89. The number of carbonyl (C=O) groups is 1. The molecular formula is C19H19NO5S. The van der Waals surface area contributed by atoms with Crippen molar-refractivity contribution in [2.24, 2.45) is 0 Å². The molecule has 2 aromatic rings. The first-order valence-electron chi connectivity index (χ1n) is 8.08. The molecule has 1 N–H and O–H groups in total. The van der Waals surface area contributed by atoms with Gasteiger partial charge in [-0.15, -0.1) is 0 Å². The second-order valence-electron chi connectivity index (χ2n) is 5.92. The van der Waals surface area contributed by atoms with Crippen LogP contribution in [0.15, 0.2) is 53.4 Å². The Labute approximate surface area is 152 Å². The van der Waals surface area contributed by atoms with Gasteiger partial charge in [-0.1, -0.05) is 18.2 Å². The van der Waals surface area contributed by atoms with Crippen molar-refractivity contribution in [2.45, 2.75) is 17.9 Å². The molecule has 3 rings (SSSR count). The first-order chi connectivity index (χ1) is 12.4. The van der Waals surface area contributed by atoms with E-state index >= 15 is 0 Å². The van der Waals surface area contributed by atoms with Gasteiger partial charge in [-0.3, -0.25) is 0 Å². The van der Waals surface area contributed by atoms with Crippen LogP contribution in [0.1, 0.15) is 16.7 Å². The van der Waals surface area contributed by atoms with E-state index in [1.807, 2.05) is 18.2 Å². The van der Waals surface area contributed by atoms with Gasteiger partial charge in [-0.25, -0.2) is 13.2 Å². The average Bonchev–Trinajstić information content (AvgIpc) is 2.65. The molecule has 1 heterocycles. The predicted octanol–water partition coefficient (Wildman–Crippen LogP) is 2.54. The summed E-state index contributed by atoms with van der Waals surface area (Å²) in [7, 11) is -2.07. The number of hydrogen-bond donors (Lipinski definition) is 1. The Morgan fingerprint density at radius 1 is 1.19 bits per heavy atom. The zero-order valence-electron chi connectivity index (χ0n) is 14.3. The summed E-state index contributed by atoms with van der Waals surface area (Å²) in [6, 6.07) is 11.9. The highest BCUT2D eigenvalue weighted by Gasteiger charge is 2.28. The van der Waals surface area contributed by atoms with E-state index in [0.29, 0.717) is 18.7 Å². The van der Waals surface area contributed by atoms with Crippen LogP contribution in [0.2, 0.25) is 0 Å². The minimum Gasteiger partial charge on any atom is -0.497 e. The number of benzene rings is 2. The molecule has 0 radical (unpaired) electrons. The van der Waals surface area contributed by atoms with Gasteiger partial charge in [0.15, 0.2) is 0 Å². The van der Waals surface area contributed by atoms with Crippen molar-refractivity contribution in [3.63, 3.8) is 0 Å². The molecule has 1 aliphatic rings. The number of nitrogens with zero attached hydrogens (tertiary/aromatic N) is 1. The van der Waals surface area contributed by atoms with Gasteiger partial charge < -0.3 is 9.84 Å². The second kappa shape index (κ2) is 7.31. The zero-order chi connectivity index (χ0) is 18.7. The fourth-order valence-electron chi connectivity index (χ4n) is 3.03. The molecule has 0 saturated heterocycles. The Balaban J connectivity index is 1.88. The molecule has 0 atom stereocenters. The van der Waals surface area contributed by atoms with E-state index in [9.17, 15) is 13.2 Å². The molecule has 6 nitrogen and oxygen atoms in total. The van der Waals surface area contributed by atoms with E-state index in [4.69, 9.17) is 9.84 Å². The van der Waals surface area contributed by atoms with Gasteiger partial charge in [0.1, 0.15) is 5.75 Å². The Kier molecular flexibility index (Phi) is 5.11. The number of methoxy groups -OCH3 is 1. The summed E-state index contributed by atoms with van der Waals surface area (Å²) < 4.78 is 32.3. The lowest BCUT2D eigenvalue weighted by Crippen LogP contribution is -2.36. The maximum absolute atomic E-state index is 12.9. The first kappa shape index (κ1) is 18.2. The normalized spacial score (nSPS) is 15.0. The molecule has 0 amide bonds. The molecule has 0 fully saturated rings. The van der Waals surface area contributed by atoms with Gasteiger partial charge in [0, 0.05) is 19.2 Å². The third-order valence-electron chi connectivity index (χ3n) is 4.37. The van der Waals surface area contributed by atoms with Crippen LogP contribution >= 0.6 is 0 Å². The van der Waals surface area contributed by atoms with Crippen molar-refractivity contribution in [3.05, 3.63) is 65.2 Å². The summed E-state index contributed by atoms with van der Waals surface area (Å²) in [5, 5.41) is 8.81.